The minimum atomic E-state index is -1.19. The van der Waals surface area contributed by atoms with Crippen LogP contribution in [0.15, 0.2) is 0 Å². The number of carboxylic acid groups (broad SMARTS) is 2. The molecule has 0 radical (unpaired) electrons. The first kappa shape index (κ1) is 13.5. The van der Waals surface area contributed by atoms with Gasteiger partial charge in [-0.05, 0) is 13.0 Å². The van der Waals surface area contributed by atoms with E-state index in [4.69, 9.17) is 10.2 Å². The number of nitrogens with one attached hydrogen (secondary N) is 1. The van der Waals surface area contributed by atoms with Crippen LogP contribution in [0.25, 0.3) is 0 Å². The average Bonchev–Trinajstić information content (AvgIpc) is 2.67. The van der Waals surface area contributed by atoms with Gasteiger partial charge in [-0.3, -0.25) is 29.4 Å². The second kappa shape index (κ2) is 4.96. The van der Waals surface area contributed by atoms with E-state index in [1.165, 1.54) is 0 Å². The lowest BCUT2D eigenvalue weighted by molar-refractivity contribution is -0.158. The molecule has 0 aliphatic carbocycles. The zero-order valence-electron chi connectivity index (χ0n) is 10.0. The van der Waals surface area contributed by atoms with Gasteiger partial charge in [-0.2, -0.15) is 0 Å². The third-order valence-corrected chi connectivity index (χ3v) is 3.66. The van der Waals surface area contributed by atoms with E-state index >= 15 is 0 Å². The Morgan fingerprint density at radius 2 is 1.79 bits per heavy atom. The maximum absolute atomic E-state index is 11.5. The zero-order valence-corrected chi connectivity index (χ0v) is 10.0. The van der Waals surface area contributed by atoms with Crippen molar-refractivity contribution in [2.75, 3.05) is 13.1 Å². The molecule has 3 unspecified atom stereocenters. The van der Waals surface area contributed by atoms with Gasteiger partial charge in [0.15, 0.2) is 0 Å². The quantitative estimate of drug-likeness (QED) is 0.533. The van der Waals surface area contributed by atoms with Crippen molar-refractivity contribution in [1.82, 2.24) is 10.2 Å². The number of carboxylic acids is 2. The van der Waals surface area contributed by atoms with E-state index in [-0.39, 0.29) is 25.3 Å². The molecule has 0 bridgehead atoms. The maximum Gasteiger partial charge on any atom is 0.308 e. The van der Waals surface area contributed by atoms with Crippen LogP contribution in [0.5, 0.6) is 0 Å². The summed E-state index contributed by atoms with van der Waals surface area (Å²) in [4.78, 5) is 46.4. The summed E-state index contributed by atoms with van der Waals surface area (Å²) in [6.45, 7) is 0.268. The Hall–Kier alpha value is -1.96. The fraction of sp³-hybridized carbons (Fsp3) is 0.636. The second-order valence-electron chi connectivity index (χ2n) is 4.81. The van der Waals surface area contributed by atoms with Crippen molar-refractivity contribution in [2.24, 2.45) is 11.8 Å². The van der Waals surface area contributed by atoms with Gasteiger partial charge in [0.05, 0.1) is 24.3 Å². The number of imide groups is 1. The van der Waals surface area contributed by atoms with Crippen molar-refractivity contribution in [1.29, 1.82) is 0 Å². The number of carbonyl (C=O) groups excluding carboxylic acids is 2. The van der Waals surface area contributed by atoms with Crippen LogP contribution in [0.2, 0.25) is 0 Å². The largest absolute Gasteiger partial charge is 0.481 e. The lowest BCUT2D eigenvalue weighted by atomic mass is 9.85. The van der Waals surface area contributed by atoms with Gasteiger partial charge in [0.25, 0.3) is 0 Å². The monoisotopic (exact) mass is 270 g/mol. The van der Waals surface area contributed by atoms with Gasteiger partial charge in [0.1, 0.15) is 0 Å². The molecule has 8 heteroatoms. The number of hydrogen-bond donors (Lipinski definition) is 3. The summed E-state index contributed by atoms with van der Waals surface area (Å²) < 4.78 is 0. The van der Waals surface area contributed by atoms with E-state index in [1.807, 2.05) is 0 Å². The first-order valence-electron chi connectivity index (χ1n) is 5.93. The van der Waals surface area contributed by atoms with E-state index in [1.54, 1.807) is 4.90 Å². The summed E-state index contributed by atoms with van der Waals surface area (Å²) in [6.07, 6.45) is 0.160. The minimum absolute atomic E-state index is 0.00289. The average molecular weight is 270 g/mol. The molecule has 2 heterocycles. The molecular formula is C11H14N2O6. The van der Waals surface area contributed by atoms with Crippen LogP contribution in [0.3, 0.4) is 0 Å². The Morgan fingerprint density at radius 3 is 2.26 bits per heavy atom. The standard InChI is InChI=1S/C11H14N2O6/c14-8-3-7(9(15)12-8)13-2-1-5(10(16)17)6(4-13)11(18)19/h5-7H,1-4H2,(H,16,17)(H,18,19)(H,12,14,15). The van der Waals surface area contributed by atoms with Gasteiger partial charge in [0.2, 0.25) is 11.8 Å². The number of nitrogens with zero attached hydrogens (tertiary/aromatic N) is 1. The smallest absolute Gasteiger partial charge is 0.308 e. The van der Waals surface area contributed by atoms with Gasteiger partial charge in [0, 0.05) is 6.54 Å². The number of amides is 2. The number of rotatable bonds is 3. The highest BCUT2D eigenvalue weighted by Crippen LogP contribution is 2.27. The van der Waals surface area contributed by atoms with Crippen LogP contribution in [-0.4, -0.2) is 58.0 Å². The van der Waals surface area contributed by atoms with Gasteiger partial charge < -0.3 is 10.2 Å². The predicted molar refractivity (Wildman–Crippen MR) is 60.0 cm³/mol. The van der Waals surface area contributed by atoms with E-state index in [0.717, 1.165) is 0 Å². The normalized spacial score (nSPS) is 32.1. The Bertz CT molecular complexity index is 448. The van der Waals surface area contributed by atoms with E-state index < -0.39 is 35.7 Å². The molecule has 2 rings (SSSR count). The van der Waals surface area contributed by atoms with Crippen LogP contribution >= 0.6 is 0 Å². The summed E-state index contributed by atoms with van der Waals surface area (Å²) in [5.41, 5.74) is 0. The third-order valence-electron chi connectivity index (χ3n) is 3.66. The van der Waals surface area contributed by atoms with Crippen molar-refractivity contribution in [2.45, 2.75) is 18.9 Å². The summed E-state index contributed by atoms with van der Waals surface area (Å²) in [6, 6.07) is -0.677. The molecule has 3 N–H and O–H groups in total. The van der Waals surface area contributed by atoms with Gasteiger partial charge >= 0.3 is 11.9 Å². The molecule has 2 aliphatic heterocycles. The van der Waals surface area contributed by atoms with Crippen LogP contribution in [0.4, 0.5) is 0 Å². The molecule has 0 aromatic carbocycles. The highest BCUT2D eigenvalue weighted by Gasteiger charge is 2.44. The topological polar surface area (TPSA) is 124 Å². The van der Waals surface area contributed by atoms with Crippen molar-refractivity contribution < 1.29 is 29.4 Å². The number of carbonyl (C=O) groups is 4. The van der Waals surface area contributed by atoms with E-state index in [9.17, 15) is 19.2 Å². The molecule has 0 saturated carbocycles. The summed E-state index contributed by atoms with van der Waals surface area (Å²) >= 11 is 0. The van der Waals surface area contributed by atoms with Crippen LogP contribution in [0, 0.1) is 11.8 Å². The molecule has 8 nitrogen and oxygen atoms in total. The maximum atomic E-state index is 11.5. The number of aliphatic carboxylic acids is 2. The number of piperidine rings is 1. The molecule has 19 heavy (non-hydrogen) atoms. The molecule has 0 aromatic heterocycles. The Labute approximate surface area is 108 Å². The Morgan fingerprint density at radius 1 is 1.16 bits per heavy atom. The van der Waals surface area contributed by atoms with Crippen molar-refractivity contribution in [3.05, 3.63) is 0 Å². The van der Waals surface area contributed by atoms with Gasteiger partial charge in [-0.1, -0.05) is 0 Å². The first-order valence-corrected chi connectivity index (χ1v) is 5.93. The first-order chi connectivity index (χ1) is 8.90. The number of hydrogen-bond acceptors (Lipinski definition) is 5. The fourth-order valence-electron chi connectivity index (χ4n) is 2.64. The molecule has 2 fully saturated rings. The van der Waals surface area contributed by atoms with E-state index in [0.29, 0.717) is 6.54 Å². The molecule has 104 valence electrons. The summed E-state index contributed by atoms with van der Waals surface area (Å²) in [5, 5.41) is 20.2. The summed E-state index contributed by atoms with van der Waals surface area (Å²) in [7, 11) is 0. The third kappa shape index (κ3) is 2.58. The Balaban J connectivity index is 2.11. The zero-order chi connectivity index (χ0) is 14.2. The van der Waals surface area contributed by atoms with Crippen LogP contribution in [-0.2, 0) is 19.2 Å². The van der Waals surface area contributed by atoms with Crippen molar-refractivity contribution in [3.8, 4) is 0 Å². The SMILES string of the molecule is O=C1CC(N2CCC(C(=O)O)C(C(=O)O)C2)C(=O)N1. The van der Waals surface area contributed by atoms with Crippen LogP contribution < -0.4 is 5.32 Å². The van der Waals surface area contributed by atoms with Gasteiger partial charge in [-0.25, -0.2) is 0 Å². The highest BCUT2D eigenvalue weighted by molar-refractivity contribution is 6.05. The van der Waals surface area contributed by atoms with Crippen molar-refractivity contribution >= 4 is 23.8 Å². The fourth-order valence-corrected chi connectivity index (χ4v) is 2.64. The second-order valence-corrected chi connectivity index (χ2v) is 4.81. The lowest BCUT2D eigenvalue weighted by Crippen LogP contribution is -2.52. The number of likely N-dealkylation sites (tertiary alicyclic amines) is 1. The molecule has 2 saturated heterocycles. The van der Waals surface area contributed by atoms with Crippen molar-refractivity contribution in [3.63, 3.8) is 0 Å². The summed E-state index contributed by atoms with van der Waals surface area (Å²) in [5.74, 6) is -5.17. The minimum Gasteiger partial charge on any atom is -0.481 e. The molecule has 0 aromatic rings. The molecule has 3 atom stereocenters. The van der Waals surface area contributed by atoms with Gasteiger partial charge in [-0.15, -0.1) is 0 Å². The molecule has 2 aliphatic rings. The molecular weight excluding hydrogens is 256 g/mol. The molecule has 2 amide bonds. The van der Waals surface area contributed by atoms with E-state index in [2.05, 4.69) is 5.32 Å². The Kier molecular flexibility index (Phi) is 3.52. The van der Waals surface area contributed by atoms with Crippen LogP contribution in [0.1, 0.15) is 12.8 Å². The molecule has 0 spiro atoms. The highest BCUT2D eigenvalue weighted by atomic mass is 16.4. The lowest BCUT2D eigenvalue weighted by Gasteiger charge is -2.36. The predicted octanol–water partition coefficient (Wildman–Crippen LogP) is -1.49.